The third-order valence-corrected chi connectivity index (χ3v) is 5.45. The molecule has 3 amide bonds. The van der Waals surface area contributed by atoms with E-state index in [1.54, 1.807) is 0 Å². The molecule has 0 radical (unpaired) electrons. The second-order valence-electron chi connectivity index (χ2n) is 9.39. The summed E-state index contributed by atoms with van der Waals surface area (Å²) in [7, 11) is 0. The van der Waals surface area contributed by atoms with E-state index >= 15 is 0 Å². The molecule has 0 aliphatic carbocycles. The Morgan fingerprint density at radius 2 is 1.62 bits per heavy atom. The van der Waals surface area contributed by atoms with Crippen LogP contribution >= 0.6 is 0 Å². The number of rotatable bonds is 9. The summed E-state index contributed by atoms with van der Waals surface area (Å²) >= 11 is 0. The smallest absolute Gasteiger partial charge is 0.243 e. The van der Waals surface area contributed by atoms with Crippen molar-refractivity contribution in [2.75, 3.05) is 6.54 Å². The van der Waals surface area contributed by atoms with Crippen molar-refractivity contribution in [3.05, 3.63) is 0 Å². The molecule has 0 aromatic heterocycles. The topological polar surface area (TPSA) is 167 Å². The fourth-order valence-corrected chi connectivity index (χ4v) is 4.09. The molecule has 2 rings (SSSR count). The molecule has 1 saturated heterocycles. The van der Waals surface area contributed by atoms with Gasteiger partial charge < -0.3 is 32.3 Å². The monoisotopic (exact) mass is 450 g/mol. The number of hydrogen-bond acceptors (Lipinski definition) is 8. The van der Waals surface area contributed by atoms with Gasteiger partial charge in [0.2, 0.25) is 29.6 Å². The average Bonchev–Trinajstić information content (AvgIpc) is 2.66. The molecule has 0 saturated carbocycles. The molecular weight excluding hydrogens is 412 g/mol. The van der Waals surface area contributed by atoms with Crippen LogP contribution in [0.2, 0.25) is 0 Å². The number of guanidine groups is 2. The van der Waals surface area contributed by atoms with Crippen LogP contribution in [0.1, 0.15) is 60.3 Å². The van der Waals surface area contributed by atoms with Crippen molar-refractivity contribution in [3.8, 4) is 0 Å². The van der Waals surface area contributed by atoms with Crippen molar-refractivity contribution >= 4 is 29.6 Å². The zero-order valence-electron chi connectivity index (χ0n) is 19.7. The number of fused-ring (bicyclic) bond motifs is 1. The first-order chi connectivity index (χ1) is 15.0. The second-order valence-corrected chi connectivity index (χ2v) is 9.39. The van der Waals surface area contributed by atoms with E-state index < -0.39 is 18.2 Å². The lowest BCUT2D eigenvalue weighted by Crippen LogP contribution is -2.62. The highest BCUT2D eigenvalue weighted by molar-refractivity contribution is 5.95. The Hall–Kier alpha value is -2.85. The number of carbonyl (C=O) groups is 3. The number of nitrogens with one attached hydrogen (secondary N) is 3. The van der Waals surface area contributed by atoms with E-state index in [0.29, 0.717) is 31.8 Å². The Balaban J connectivity index is 2.12. The number of hydrogen-bond donors (Lipinski definition) is 5. The number of aliphatic imine (C=N–C) groups is 2. The van der Waals surface area contributed by atoms with Gasteiger partial charge in [-0.2, -0.15) is 4.99 Å². The van der Waals surface area contributed by atoms with Crippen LogP contribution < -0.4 is 27.4 Å². The van der Waals surface area contributed by atoms with Crippen LogP contribution in [-0.4, -0.2) is 65.4 Å². The summed E-state index contributed by atoms with van der Waals surface area (Å²) in [5.74, 6) is -0.195. The van der Waals surface area contributed by atoms with Crippen LogP contribution in [0.25, 0.3) is 0 Å². The van der Waals surface area contributed by atoms with Gasteiger partial charge in [0.1, 0.15) is 18.2 Å². The number of carbonyl (C=O) groups excluding carboxylic acids is 3. The first-order valence-corrected chi connectivity index (χ1v) is 11.3. The number of nitrogens with zero attached hydrogens (tertiary/aromatic N) is 3. The van der Waals surface area contributed by atoms with Crippen LogP contribution in [0, 0.1) is 11.8 Å². The molecule has 0 aromatic rings. The first kappa shape index (κ1) is 25.4. The number of amides is 3. The van der Waals surface area contributed by atoms with E-state index in [1.807, 2.05) is 32.6 Å². The number of piperidine rings is 1. The zero-order valence-corrected chi connectivity index (χ0v) is 19.7. The highest BCUT2D eigenvalue weighted by Crippen LogP contribution is 2.21. The fraction of sp³-hybridized carbons (Fsp3) is 0.762. The molecule has 2 heterocycles. The Morgan fingerprint density at radius 3 is 2.19 bits per heavy atom. The standard InChI is InChI=1S/C21H38N8O3/c1-11(2)9-15(24-13(5)30)18(31)26-16(10-12(3)4)19(32)25-14-7-6-8-29-17(14)27-20(22)28-21(29)23/h11-12,14-17H,6-10H2,1-5H3,(H,24,30)(H,25,32)(H,26,31)(H4,22,23,27,28)/t14-,15-,16-,17+/m0/s1. The molecule has 0 aromatic carbocycles. The van der Waals surface area contributed by atoms with Crippen molar-refractivity contribution in [1.29, 1.82) is 0 Å². The lowest BCUT2D eigenvalue weighted by Gasteiger charge is -2.41. The normalized spacial score (nSPS) is 22.4. The summed E-state index contributed by atoms with van der Waals surface area (Å²) in [4.78, 5) is 47.9. The van der Waals surface area contributed by atoms with E-state index in [-0.39, 0.29) is 41.6 Å². The molecule has 180 valence electrons. The first-order valence-electron chi connectivity index (χ1n) is 11.3. The Kier molecular flexibility index (Phi) is 8.85. The molecule has 0 bridgehead atoms. The predicted octanol–water partition coefficient (Wildman–Crippen LogP) is -0.382. The van der Waals surface area contributed by atoms with Gasteiger partial charge in [0.05, 0.1) is 6.04 Å². The third-order valence-electron chi connectivity index (χ3n) is 5.45. The van der Waals surface area contributed by atoms with Crippen LogP contribution in [0.5, 0.6) is 0 Å². The quantitative estimate of drug-likeness (QED) is 0.321. The zero-order chi connectivity index (χ0) is 24.0. The minimum absolute atomic E-state index is 0.0868. The van der Waals surface area contributed by atoms with Gasteiger partial charge in [-0.05, 0) is 37.5 Å². The SMILES string of the molecule is CC(=O)N[C@@H](CC(C)C)C(=O)N[C@@H](CC(C)C)C(=O)N[C@H]1CCCN2C(N)=NC(N)=N[C@@H]12. The van der Waals surface area contributed by atoms with Gasteiger partial charge in [-0.3, -0.25) is 14.4 Å². The summed E-state index contributed by atoms with van der Waals surface area (Å²) in [6.45, 7) is 9.97. The second kappa shape index (κ2) is 11.1. The van der Waals surface area contributed by atoms with Crippen molar-refractivity contribution in [2.45, 2.75) is 84.6 Å². The highest BCUT2D eigenvalue weighted by Gasteiger charge is 2.37. The van der Waals surface area contributed by atoms with Crippen molar-refractivity contribution in [1.82, 2.24) is 20.9 Å². The maximum absolute atomic E-state index is 13.2. The maximum Gasteiger partial charge on any atom is 0.243 e. The van der Waals surface area contributed by atoms with Crippen LogP contribution in [0.4, 0.5) is 0 Å². The Morgan fingerprint density at radius 1 is 1.03 bits per heavy atom. The average molecular weight is 451 g/mol. The molecule has 4 atom stereocenters. The van der Waals surface area contributed by atoms with Crippen molar-refractivity contribution in [2.24, 2.45) is 33.3 Å². The summed E-state index contributed by atoms with van der Waals surface area (Å²) < 4.78 is 0. The van der Waals surface area contributed by atoms with E-state index in [0.717, 1.165) is 6.42 Å². The van der Waals surface area contributed by atoms with Gasteiger partial charge in [-0.25, -0.2) is 4.99 Å². The summed E-state index contributed by atoms with van der Waals surface area (Å²) in [6, 6.07) is -1.74. The lowest BCUT2D eigenvalue weighted by atomic mass is 9.98. The van der Waals surface area contributed by atoms with Crippen molar-refractivity contribution in [3.63, 3.8) is 0 Å². The van der Waals surface area contributed by atoms with E-state index in [9.17, 15) is 14.4 Å². The molecule has 2 aliphatic rings. The highest BCUT2D eigenvalue weighted by atomic mass is 16.2. The molecule has 7 N–H and O–H groups in total. The van der Waals surface area contributed by atoms with Gasteiger partial charge in [0.15, 0.2) is 0 Å². The molecule has 1 fully saturated rings. The van der Waals surface area contributed by atoms with Crippen molar-refractivity contribution < 1.29 is 14.4 Å². The number of nitrogens with two attached hydrogens (primary N) is 2. The van der Waals surface area contributed by atoms with E-state index in [1.165, 1.54) is 6.92 Å². The Bertz CT molecular complexity index is 764. The van der Waals surface area contributed by atoms with Gasteiger partial charge in [-0.15, -0.1) is 0 Å². The van der Waals surface area contributed by atoms with Gasteiger partial charge >= 0.3 is 0 Å². The molecule has 0 spiro atoms. The van der Waals surface area contributed by atoms with E-state index in [4.69, 9.17) is 11.5 Å². The van der Waals surface area contributed by atoms with Crippen LogP contribution in [0.3, 0.4) is 0 Å². The van der Waals surface area contributed by atoms with Gasteiger partial charge in [0.25, 0.3) is 0 Å². The third kappa shape index (κ3) is 7.10. The minimum Gasteiger partial charge on any atom is -0.369 e. The molecular formula is C21H38N8O3. The van der Waals surface area contributed by atoms with Gasteiger partial charge in [-0.1, -0.05) is 27.7 Å². The minimum atomic E-state index is -0.739. The molecule has 32 heavy (non-hydrogen) atoms. The summed E-state index contributed by atoms with van der Waals surface area (Å²) in [5.41, 5.74) is 11.8. The summed E-state index contributed by atoms with van der Waals surface area (Å²) in [6.07, 6.45) is 2.04. The molecule has 0 unspecified atom stereocenters. The van der Waals surface area contributed by atoms with Crippen LogP contribution in [0.15, 0.2) is 9.98 Å². The fourth-order valence-electron chi connectivity index (χ4n) is 4.09. The Labute approximate surface area is 189 Å². The lowest BCUT2D eigenvalue weighted by molar-refractivity contribution is -0.132. The predicted molar refractivity (Wildman–Crippen MR) is 123 cm³/mol. The van der Waals surface area contributed by atoms with Gasteiger partial charge in [0, 0.05) is 13.5 Å². The molecule has 11 nitrogen and oxygen atoms in total. The molecule has 2 aliphatic heterocycles. The van der Waals surface area contributed by atoms with E-state index in [2.05, 4.69) is 25.9 Å². The maximum atomic E-state index is 13.2. The largest absolute Gasteiger partial charge is 0.369 e. The molecule has 11 heteroatoms. The summed E-state index contributed by atoms with van der Waals surface area (Å²) in [5, 5.41) is 8.57. The van der Waals surface area contributed by atoms with Crippen LogP contribution in [-0.2, 0) is 14.4 Å².